The van der Waals surface area contributed by atoms with Crippen LogP contribution in [0.5, 0.6) is 0 Å². The van der Waals surface area contributed by atoms with E-state index in [1.807, 2.05) is 0 Å². The van der Waals surface area contributed by atoms with Crippen molar-refractivity contribution in [2.24, 2.45) is 5.92 Å². The van der Waals surface area contributed by atoms with Gasteiger partial charge in [0.15, 0.2) is 0 Å². The summed E-state index contributed by atoms with van der Waals surface area (Å²) in [7, 11) is 0. The van der Waals surface area contributed by atoms with Crippen molar-refractivity contribution in [3.05, 3.63) is 71.8 Å². The summed E-state index contributed by atoms with van der Waals surface area (Å²) in [6.45, 7) is 4.89. The van der Waals surface area contributed by atoms with E-state index in [-0.39, 0.29) is 6.61 Å². The van der Waals surface area contributed by atoms with Crippen molar-refractivity contribution >= 4 is 0 Å². The van der Waals surface area contributed by atoms with Crippen LogP contribution < -0.4 is 5.32 Å². The zero-order valence-corrected chi connectivity index (χ0v) is 14.7. The van der Waals surface area contributed by atoms with Crippen LogP contribution in [0, 0.1) is 5.92 Å². The minimum absolute atomic E-state index is 0.266. The van der Waals surface area contributed by atoms with Gasteiger partial charge in [0.05, 0.1) is 0 Å². The van der Waals surface area contributed by atoms with E-state index in [4.69, 9.17) is 0 Å². The van der Waals surface area contributed by atoms with E-state index in [1.165, 1.54) is 11.1 Å². The molecule has 3 rings (SSSR count). The molecule has 1 aliphatic heterocycles. The Morgan fingerprint density at radius 2 is 1.42 bits per heavy atom. The van der Waals surface area contributed by atoms with Crippen molar-refractivity contribution < 1.29 is 5.11 Å². The van der Waals surface area contributed by atoms with Gasteiger partial charge in [0.25, 0.3) is 0 Å². The van der Waals surface area contributed by atoms with E-state index in [2.05, 4.69) is 79.8 Å². The largest absolute Gasteiger partial charge is 0.396 e. The Morgan fingerprint density at radius 1 is 0.875 bits per heavy atom. The normalized spacial score (nSPS) is 26.8. The maximum atomic E-state index is 9.31. The van der Waals surface area contributed by atoms with Gasteiger partial charge in [-0.1, -0.05) is 74.5 Å². The lowest BCUT2D eigenvalue weighted by molar-refractivity contribution is 0.273. The number of rotatable bonds is 6. The quantitative estimate of drug-likeness (QED) is 0.829. The molecule has 2 aromatic rings. The second kappa shape index (κ2) is 7.96. The fourth-order valence-electron chi connectivity index (χ4n) is 4.31. The van der Waals surface area contributed by atoms with Gasteiger partial charge in [0.1, 0.15) is 0 Å². The topological polar surface area (TPSA) is 32.3 Å². The summed E-state index contributed by atoms with van der Waals surface area (Å²) in [6.07, 6.45) is 1.87. The molecule has 4 atom stereocenters. The van der Waals surface area contributed by atoms with Gasteiger partial charge in [-0.3, -0.25) is 0 Å². The van der Waals surface area contributed by atoms with Crippen molar-refractivity contribution in [1.29, 1.82) is 0 Å². The first-order chi connectivity index (χ1) is 11.7. The van der Waals surface area contributed by atoms with Gasteiger partial charge in [0, 0.05) is 30.5 Å². The molecule has 2 N–H and O–H groups in total. The van der Waals surface area contributed by atoms with Crippen LogP contribution in [0.25, 0.3) is 0 Å². The van der Waals surface area contributed by atoms with Gasteiger partial charge in [0.2, 0.25) is 0 Å². The number of hydrogen-bond acceptors (Lipinski definition) is 2. The predicted octanol–water partition coefficient (Wildman–Crippen LogP) is 4.32. The average molecular weight is 323 g/mol. The van der Waals surface area contributed by atoms with Gasteiger partial charge >= 0.3 is 0 Å². The van der Waals surface area contributed by atoms with E-state index in [1.54, 1.807) is 0 Å². The molecule has 1 saturated heterocycles. The highest BCUT2D eigenvalue weighted by atomic mass is 16.2. The SMILES string of the molecule is CC(C)[C@@H]1N[C@H](CCCO)[C@H](c2ccccc2)[C@H]1c1ccccc1. The minimum atomic E-state index is 0.266. The fraction of sp³-hybridized carbons (Fsp3) is 0.455. The third-order valence-corrected chi connectivity index (χ3v) is 5.37. The Bertz CT molecular complexity index is 610. The number of aliphatic hydroxyl groups excluding tert-OH is 1. The zero-order chi connectivity index (χ0) is 16.9. The number of nitrogens with one attached hydrogen (secondary N) is 1. The predicted molar refractivity (Wildman–Crippen MR) is 100 cm³/mol. The van der Waals surface area contributed by atoms with Crippen LogP contribution in [-0.2, 0) is 0 Å². The third-order valence-electron chi connectivity index (χ3n) is 5.37. The highest BCUT2D eigenvalue weighted by Crippen LogP contribution is 2.46. The van der Waals surface area contributed by atoms with Gasteiger partial charge in [-0.25, -0.2) is 0 Å². The highest BCUT2D eigenvalue weighted by molar-refractivity contribution is 5.34. The van der Waals surface area contributed by atoms with Gasteiger partial charge < -0.3 is 10.4 Å². The van der Waals surface area contributed by atoms with E-state index in [0.29, 0.717) is 29.8 Å². The van der Waals surface area contributed by atoms with E-state index < -0.39 is 0 Å². The molecular weight excluding hydrogens is 294 g/mol. The molecule has 1 fully saturated rings. The Balaban J connectivity index is 2.01. The van der Waals surface area contributed by atoms with Crippen molar-refractivity contribution in [1.82, 2.24) is 5.32 Å². The van der Waals surface area contributed by atoms with Gasteiger partial charge in [-0.05, 0) is 29.9 Å². The van der Waals surface area contributed by atoms with E-state index >= 15 is 0 Å². The molecular formula is C22H29NO. The van der Waals surface area contributed by atoms with E-state index in [0.717, 1.165) is 12.8 Å². The third kappa shape index (κ3) is 3.55. The highest BCUT2D eigenvalue weighted by Gasteiger charge is 2.44. The van der Waals surface area contributed by atoms with Gasteiger partial charge in [-0.2, -0.15) is 0 Å². The summed E-state index contributed by atoms with van der Waals surface area (Å²) in [6, 6.07) is 22.7. The molecule has 24 heavy (non-hydrogen) atoms. The Hall–Kier alpha value is -1.64. The number of hydrogen-bond donors (Lipinski definition) is 2. The Kier molecular flexibility index (Phi) is 5.70. The maximum Gasteiger partial charge on any atom is 0.0431 e. The standard InChI is InChI=1S/C22H29NO/c1-16(2)22-21(18-12-7-4-8-13-18)20(17-10-5-3-6-11-17)19(23-22)14-9-15-24/h3-8,10-13,16,19-24H,9,14-15H2,1-2H3/t19-,20+,21-,22+/m1/s1. The van der Waals surface area contributed by atoms with E-state index in [9.17, 15) is 5.11 Å². The maximum absolute atomic E-state index is 9.31. The lowest BCUT2D eigenvalue weighted by Crippen LogP contribution is -2.35. The van der Waals surface area contributed by atoms with Crippen LogP contribution >= 0.6 is 0 Å². The smallest absolute Gasteiger partial charge is 0.0431 e. The van der Waals surface area contributed by atoms with Crippen molar-refractivity contribution in [3.8, 4) is 0 Å². The molecule has 0 amide bonds. The molecule has 0 aromatic heterocycles. The summed E-state index contributed by atoms with van der Waals surface area (Å²) in [5.74, 6) is 1.49. The number of aliphatic hydroxyl groups is 1. The minimum Gasteiger partial charge on any atom is -0.396 e. The van der Waals surface area contributed by atoms with Crippen LogP contribution in [0.4, 0.5) is 0 Å². The summed E-state index contributed by atoms with van der Waals surface area (Å²) in [4.78, 5) is 0. The van der Waals surface area contributed by atoms with Crippen LogP contribution in [0.15, 0.2) is 60.7 Å². The molecule has 0 unspecified atom stereocenters. The second-order valence-electron chi connectivity index (χ2n) is 7.28. The van der Waals surface area contributed by atoms with Gasteiger partial charge in [-0.15, -0.1) is 0 Å². The molecule has 1 heterocycles. The molecule has 128 valence electrons. The molecule has 0 spiro atoms. The Morgan fingerprint density at radius 3 is 1.92 bits per heavy atom. The van der Waals surface area contributed by atoms with Crippen molar-refractivity contribution in [2.75, 3.05) is 6.61 Å². The Labute approximate surface area is 145 Å². The lowest BCUT2D eigenvalue weighted by atomic mass is 9.75. The first-order valence-corrected chi connectivity index (χ1v) is 9.19. The molecule has 2 nitrogen and oxygen atoms in total. The summed E-state index contributed by atoms with van der Waals surface area (Å²) in [5, 5.41) is 13.2. The first-order valence-electron chi connectivity index (χ1n) is 9.19. The monoisotopic (exact) mass is 323 g/mol. The molecule has 1 aliphatic rings. The molecule has 0 aliphatic carbocycles. The lowest BCUT2D eigenvalue weighted by Gasteiger charge is -2.28. The molecule has 2 aromatic carbocycles. The van der Waals surface area contributed by atoms with Crippen LogP contribution in [0.2, 0.25) is 0 Å². The molecule has 0 bridgehead atoms. The summed E-state index contributed by atoms with van der Waals surface area (Å²) in [5.41, 5.74) is 2.83. The molecule has 0 radical (unpaired) electrons. The average Bonchev–Trinajstić information content (AvgIpc) is 3.01. The zero-order valence-electron chi connectivity index (χ0n) is 14.7. The van der Waals surface area contributed by atoms with Crippen LogP contribution in [-0.4, -0.2) is 23.8 Å². The van der Waals surface area contributed by atoms with Crippen LogP contribution in [0.3, 0.4) is 0 Å². The second-order valence-corrected chi connectivity index (χ2v) is 7.28. The van der Waals surface area contributed by atoms with Crippen molar-refractivity contribution in [2.45, 2.75) is 50.6 Å². The van der Waals surface area contributed by atoms with Crippen LogP contribution in [0.1, 0.15) is 49.7 Å². The fourth-order valence-corrected chi connectivity index (χ4v) is 4.31. The number of benzene rings is 2. The van der Waals surface area contributed by atoms with Crippen molar-refractivity contribution in [3.63, 3.8) is 0 Å². The molecule has 2 heteroatoms. The first kappa shape index (κ1) is 17.2. The summed E-state index contributed by atoms with van der Waals surface area (Å²) >= 11 is 0. The summed E-state index contributed by atoms with van der Waals surface area (Å²) < 4.78 is 0. The molecule has 0 saturated carbocycles.